The number of rotatable bonds is 3. The van der Waals surface area contributed by atoms with Crippen molar-refractivity contribution in [1.82, 2.24) is 20.3 Å². The molecular weight excluding hydrogens is 402 g/mol. The molecule has 1 saturated heterocycles. The molecule has 0 radical (unpaired) electrons. The molecule has 1 amide bonds. The van der Waals surface area contributed by atoms with Crippen LogP contribution in [0.3, 0.4) is 0 Å². The number of carbonyl (C=O) groups is 1. The predicted octanol–water partition coefficient (Wildman–Crippen LogP) is 3.46. The molecule has 32 heavy (non-hydrogen) atoms. The van der Waals surface area contributed by atoms with Crippen LogP contribution in [-0.4, -0.2) is 52.2 Å². The number of carbonyl (C=O) groups excluding carboxylic acids is 1. The summed E-state index contributed by atoms with van der Waals surface area (Å²) < 4.78 is 0. The Labute approximate surface area is 188 Å². The number of hydrogen-bond acceptors (Lipinski definition) is 6. The Bertz CT molecular complexity index is 1010. The van der Waals surface area contributed by atoms with Gasteiger partial charge >= 0.3 is 0 Å². The van der Waals surface area contributed by atoms with E-state index in [0.29, 0.717) is 12.0 Å². The number of fused-ring (bicyclic) bond motifs is 1. The first kappa shape index (κ1) is 21.9. The van der Waals surface area contributed by atoms with Gasteiger partial charge in [0.25, 0.3) is 5.91 Å². The van der Waals surface area contributed by atoms with Crippen molar-refractivity contribution in [3.8, 4) is 0 Å². The van der Waals surface area contributed by atoms with Crippen LogP contribution in [0, 0.1) is 0 Å². The summed E-state index contributed by atoms with van der Waals surface area (Å²) in [5, 5.41) is 8.74. The second kappa shape index (κ2) is 10.3. The van der Waals surface area contributed by atoms with E-state index in [-0.39, 0.29) is 5.56 Å². The highest BCUT2D eigenvalue weighted by Gasteiger charge is 2.27. The first-order chi connectivity index (χ1) is 15.7. The van der Waals surface area contributed by atoms with Gasteiger partial charge in [0.15, 0.2) is 0 Å². The highest BCUT2D eigenvalue weighted by molar-refractivity contribution is 5.92. The molecule has 0 saturated carbocycles. The van der Waals surface area contributed by atoms with Crippen molar-refractivity contribution in [3.63, 3.8) is 0 Å². The third-order valence-electron chi connectivity index (χ3n) is 6.11. The van der Waals surface area contributed by atoms with Crippen LogP contribution in [0.15, 0.2) is 73.1 Å². The molecule has 1 atom stereocenters. The molecule has 1 aromatic carbocycles. The summed E-state index contributed by atoms with van der Waals surface area (Å²) in [6.45, 7) is 7.60. The van der Waals surface area contributed by atoms with Gasteiger partial charge in [0, 0.05) is 44.6 Å². The van der Waals surface area contributed by atoms with Gasteiger partial charge in [-0.05, 0) is 30.4 Å². The average Bonchev–Trinajstić information content (AvgIpc) is 2.88. The predicted molar refractivity (Wildman–Crippen MR) is 125 cm³/mol. The molecule has 2 aromatic rings. The molecule has 1 aromatic heterocycles. The van der Waals surface area contributed by atoms with E-state index in [4.69, 9.17) is 5.21 Å². The maximum atomic E-state index is 11.5. The molecule has 0 spiro atoms. The fourth-order valence-electron chi connectivity index (χ4n) is 4.32. The minimum atomic E-state index is -0.613. The van der Waals surface area contributed by atoms with Crippen molar-refractivity contribution in [3.05, 3.63) is 89.8 Å². The number of hydroxylamine groups is 1. The van der Waals surface area contributed by atoms with Crippen LogP contribution < -0.4 is 10.4 Å². The Morgan fingerprint density at radius 3 is 2.56 bits per heavy atom. The first-order valence-electron chi connectivity index (χ1n) is 11.0. The van der Waals surface area contributed by atoms with Gasteiger partial charge in [0.2, 0.25) is 5.95 Å². The van der Waals surface area contributed by atoms with E-state index >= 15 is 0 Å². The van der Waals surface area contributed by atoms with Gasteiger partial charge in [-0.25, -0.2) is 15.4 Å². The molecule has 1 aliphatic heterocycles. The summed E-state index contributed by atoms with van der Waals surface area (Å²) in [4.78, 5) is 24.8. The van der Waals surface area contributed by atoms with Gasteiger partial charge in [-0.2, -0.15) is 0 Å². The molecule has 1 fully saturated rings. The van der Waals surface area contributed by atoms with Crippen molar-refractivity contribution in [2.24, 2.45) is 0 Å². The number of nitrogens with zero attached hydrogens (tertiary/aromatic N) is 4. The van der Waals surface area contributed by atoms with Gasteiger partial charge in [0.05, 0.1) is 5.56 Å². The van der Waals surface area contributed by atoms with E-state index in [1.807, 2.05) is 0 Å². The molecule has 7 nitrogen and oxygen atoms in total. The fourth-order valence-corrected chi connectivity index (χ4v) is 4.32. The molecule has 7 heteroatoms. The van der Waals surface area contributed by atoms with Crippen molar-refractivity contribution in [2.45, 2.75) is 25.3 Å². The van der Waals surface area contributed by atoms with Crippen LogP contribution in [0.1, 0.15) is 40.4 Å². The largest absolute Gasteiger partial charge is 0.338 e. The van der Waals surface area contributed by atoms with Gasteiger partial charge in [-0.15, -0.1) is 0 Å². The summed E-state index contributed by atoms with van der Waals surface area (Å²) >= 11 is 0. The van der Waals surface area contributed by atoms with Gasteiger partial charge in [-0.3, -0.25) is 14.9 Å². The highest BCUT2D eigenvalue weighted by atomic mass is 16.5. The van der Waals surface area contributed by atoms with Gasteiger partial charge < -0.3 is 4.90 Å². The zero-order chi connectivity index (χ0) is 22.3. The first-order valence-corrected chi connectivity index (χ1v) is 11.0. The van der Waals surface area contributed by atoms with E-state index < -0.39 is 5.91 Å². The summed E-state index contributed by atoms with van der Waals surface area (Å²) in [7, 11) is 0. The molecule has 166 valence electrons. The lowest BCUT2D eigenvalue weighted by Gasteiger charge is -2.40. The zero-order valence-electron chi connectivity index (χ0n) is 18.2. The zero-order valence-corrected chi connectivity index (χ0v) is 18.2. The number of benzene rings is 1. The fraction of sp³-hybridized carbons (Fsp3) is 0.320. The number of aryl methyl sites for hydroxylation is 1. The summed E-state index contributed by atoms with van der Waals surface area (Å²) in [6, 6.07) is 9.09. The SMILES string of the molecule is C=C1/C=C\C=C/CC(N2CCN(c3ncc(C(=O)NO)cn3)CC2)c2ccccc2CC1. The van der Waals surface area contributed by atoms with Crippen LogP contribution in [0.5, 0.6) is 0 Å². The van der Waals surface area contributed by atoms with E-state index in [1.54, 1.807) is 5.48 Å². The van der Waals surface area contributed by atoms with E-state index in [9.17, 15) is 4.79 Å². The second-order valence-electron chi connectivity index (χ2n) is 8.13. The summed E-state index contributed by atoms with van der Waals surface area (Å²) in [5.41, 5.74) is 5.78. The Hall–Kier alpha value is -3.29. The summed E-state index contributed by atoms with van der Waals surface area (Å²) in [6.07, 6.45) is 14.4. The third-order valence-corrected chi connectivity index (χ3v) is 6.11. The van der Waals surface area contributed by atoms with E-state index in [2.05, 4.69) is 74.9 Å². The van der Waals surface area contributed by atoms with Gasteiger partial charge in [0.1, 0.15) is 0 Å². The van der Waals surface area contributed by atoms with E-state index in [0.717, 1.165) is 51.0 Å². The van der Waals surface area contributed by atoms with Crippen molar-refractivity contribution >= 4 is 11.9 Å². The summed E-state index contributed by atoms with van der Waals surface area (Å²) in [5.74, 6) is -0.0103. The Kier molecular flexibility index (Phi) is 7.09. The van der Waals surface area contributed by atoms with Crippen LogP contribution in [-0.2, 0) is 6.42 Å². The smallest absolute Gasteiger partial charge is 0.277 e. The maximum absolute atomic E-state index is 11.5. The minimum Gasteiger partial charge on any atom is -0.338 e. The van der Waals surface area contributed by atoms with Crippen molar-refractivity contribution in [2.75, 3.05) is 31.1 Å². The average molecular weight is 432 g/mol. The number of piperazine rings is 1. The van der Waals surface area contributed by atoms with Gasteiger partial charge in [-0.1, -0.05) is 60.7 Å². The molecule has 1 aliphatic carbocycles. The van der Waals surface area contributed by atoms with Crippen molar-refractivity contribution in [1.29, 1.82) is 0 Å². The van der Waals surface area contributed by atoms with Crippen LogP contribution in [0.4, 0.5) is 5.95 Å². The molecule has 2 N–H and O–H groups in total. The molecule has 2 heterocycles. The highest BCUT2D eigenvalue weighted by Crippen LogP contribution is 2.31. The molecule has 4 rings (SSSR count). The molecule has 2 aliphatic rings. The van der Waals surface area contributed by atoms with Crippen molar-refractivity contribution < 1.29 is 10.0 Å². The molecule has 0 bridgehead atoms. The number of nitrogens with one attached hydrogen (secondary N) is 1. The lowest BCUT2D eigenvalue weighted by atomic mass is 9.92. The monoisotopic (exact) mass is 431 g/mol. The number of aromatic nitrogens is 2. The Morgan fingerprint density at radius 2 is 1.81 bits per heavy atom. The second-order valence-corrected chi connectivity index (χ2v) is 8.13. The number of allylic oxidation sites excluding steroid dienone is 4. The maximum Gasteiger partial charge on any atom is 0.277 e. The van der Waals surface area contributed by atoms with Crippen LogP contribution >= 0.6 is 0 Å². The normalized spacial score (nSPS) is 21.8. The quantitative estimate of drug-likeness (QED) is 0.572. The Morgan fingerprint density at radius 1 is 1.06 bits per heavy atom. The Balaban J connectivity index is 1.48. The van der Waals surface area contributed by atoms with Crippen LogP contribution in [0.25, 0.3) is 0 Å². The van der Waals surface area contributed by atoms with Crippen LogP contribution in [0.2, 0.25) is 0 Å². The topological polar surface area (TPSA) is 81.6 Å². The number of hydrogen-bond donors (Lipinski definition) is 2. The lowest BCUT2D eigenvalue weighted by molar-refractivity contribution is 0.0705. The number of anilines is 1. The minimum absolute atomic E-state index is 0.229. The van der Waals surface area contributed by atoms with E-state index in [1.165, 1.54) is 23.5 Å². The number of amides is 1. The molecule has 1 unspecified atom stereocenters. The third kappa shape index (κ3) is 5.12. The standard InChI is InChI=1S/C25H29N5O2/c1-19-7-3-2-4-10-23(22-9-6-5-8-20(22)12-11-19)29-13-15-30(16-14-29)25-26-17-21(18-27-25)24(31)28-32/h2-9,17-18,23,32H,1,10-16H2,(H,28,31)/b4-2-,7-3-. The molecular formula is C25H29N5O2. The lowest BCUT2D eigenvalue weighted by Crippen LogP contribution is -2.48.